The quantitative estimate of drug-likeness (QED) is 0.643. The molecule has 1 saturated heterocycles. The van der Waals surface area contributed by atoms with Crippen LogP contribution in [0.25, 0.3) is 0 Å². The van der Waals surface area contributed by atoms with Gasteiger partial charge in [0.2, 0.25) is 11.8 Å². The van der Waals surface area contributed by atoms with E-state index in [9.17, 15) is 14.7 Å². The highest BCUT2D eigenvalue weighted by molar-refractivity contribution is 5.90. The van der Waals surface area contributed by atoms with Crippen LogP contribution >= 0.6 is 0 Å². The van der Waals surface area contributed by atoms with Gasteiger partial charge in [0.05, 0.1) is 5.60 Å². The van der Waals surface area contributed by atoms with E-state index in [2.05, 4.69) is 10.6 Å². The first-order valence-corrected chi connectivity index (χ1v) is 6.09. The minimum absolute atomic E-state index is 0.0842. The van der Waals surface area contributed by atoms with Gasteiger partial charge >= 0.3 is 0 Å². The van der Waals surface area contributed by atoms with E-state index in [1.165, 1.54) is 0 Å². The average molecular weight is 242 g/mol. The Morgan fingerprint density at radius 3 is 2.76 bits per heavy atom. The predicted octanol–water partition coefficient (Wildman–Crippen LogP) is 0.178. The maximum absolute atomic E-state index is 11.7. The highest BCUT2D eigenvalue weighted by atomic mass is 16.3. The van der Waals surface area contributed by atoms with E-state index in [-0.39, 0.29) is 18.4 Å². The molecule has 1 heterocycles. The molecule has 0 aromatic heterocycles. The Hall–Kier alpha value is -1.10. The molecule has 17 heavy (non-hydrogen) atoms. The van der Waals surface area contributed by atoms with Gasteiger partial charge in [0.15, 0.2) is 0 Å². The molecule has 0 aromatic carbocycles. The summed E-state index contributed by atoms with van der Waals surface area (Å²) in [6.45, 7) is 5.97. The largest absolute Gasteiger partial charge is 0.388 e. The molecule has 5 heteroatoms. The number of amides is 2. The topological polar surface area (TPSA) is 78.4 Å². The number of nitrogens with one attached hydrogen (secondary N) is 2. The number of aliphatic hydroxyl groups is 1. The van der Waals surface area contributed by atoms with Crippen LogP contribution in [0.3, 0.4) is 0 Å². The van der Waals surface area contributed by atoms with Crippen LogP contribution in [0, 0.1) is 5.92 Å². The normalized spacial score (nSPS) is 23.4. The molecule has 2 atom stereocenters. The van der Waals surface area contributed by atoms with E-state index in [4.69, 9.17) is 0 Å². The molecule has 2 amide bonds. The second kappa shape index (κ2) is 5.49. The highest BCUT2D eigenvalue weighted by Crippen LogP contribution is 2.15. The predicted molar refractivity (Wildman–Crippen MR) is 64.3 cm³/mol. The molecular weight excluding hydrogens is 220 g/mol. The Bertz CT molecular complexity index is 300. The number of rotatable bonds is 5. The van der Waals surface area contributed by atoms with Gasteiger partial charge in [0, 0.05) is 13.0 Å². The Balaban J connectivity index is 2.34. The average Bonchev–Trinajstić information content (AvgIpc) is 2.59. The lowest BCUT2D eigenvalue weighted by atomic mass is 9.94. The van der Waals surface area contributed by atoms with Crippen LogP contribution in [0.5, 0.6) is 0 Å². The van der Waals surface area contributed by atoms with Crippen molar-refractivity contribution in [1.82, 2.24) is 10.6 Å². The molecule has 2 unspecified atom stereocenters. The van der Waals surface area contributed by atoms with Gasteiger partial charge in [-0.25, -0.2) is 0 Å². The molecule has 5 nitrogen and oxygen atoms in total. The van der Waals surface area contributed by atoms with E-state index in [1.54, 1.807) is 6.92 Å². The fourth-order valence-corrected chi connectivity index (χ4v) is 2.16. The molecule has 0 aliphatic carbocycles. The lowest BCUT2D eigenvalue weighted by molar-refractivity contribution is -0.126. The zero-order valence-corrected chi connectivity index (χ0v) is 10.7. The third-order valence-electron chi connectivity index (χ3n) is 2.80. The van der Waals surface area contributed by atoms with Gasteiger partial charge in [-0.2, -0.15) is 0 Å². The molecule has 0 spiro atoms. The summed E-state index contributed by atoms with van der Waals surface area (Å²) in [7, 11) is 0. The van der Waals surface area contributed by atoms with E-state index in [0.717, 1.165) is 0 Å². The second-order valence-electron chi connectivity index (χ2n) is 5.47. The number of carbonyl (C=O) groups is 2. The molecule has 98 valence electrons. The first kappa shape index (κ1) is 14.0. The summed E-state index contributed by atoms with van der Waals surface area (Å²) in [5.74, 6) is 0.0760. The summed E-state index contributed by atoms with van der Waals surface area (Å²) in [6.07, 6.45) is 1.57. The van der Waals surface area contributed by atoms with Crippen LogP contribution in [0.15, 0.2) is 0 Å². The van der Waals surface area contributed by atoms with E-state index >= 15 is 0 Å². The molecule has 1 aliphatic heterocycles. The van der Waals surface area contributed by atoms with Crippen molar-refractivity contribution < 1.29 is 14.7 Å². The summed E-state index contributed by atoms with van der Waals surface area (Å²) in [5.41, 5.74) is -0.896. The number of carbonyl (C=O) groups excluding carboxylic acids is 2. The first-order chi connectivity index (χ1) is 7.80. The summed E-state index contributed by atoms with van der Waals surface area (Å²) >= 11 is 0. The van der Waals surface area contributed by atoms with Gasteiger partial charge in [0.25, 0.3) is 0 Å². The Labute approximate surface area is 102 Å². The van der Waals surface area contributed by atoms with E-state index < -0.39 is 11.6 Å². The van der Waals surface area contributed by atoms with Crippen molar-refractivity contribution in [2.45, 2.75) is 51.7 Å². The molecule has 0 radical (unpaired) electrons. The van der Waals surface area contributed by atoms with Crippen LogP contribution in [-0.2, 0) is 9.59 Å². The SMILES string of the molecule is CC(C)CC(C)(O)CNC(=O)C1CCC(=O)N1. The molecule has 0 saturated carbocycles. The standard InChI is InChI=1S/C12H22N2O3/c1-8(2)6-12(3,17)7-13-11(16)9-4-5-10(15)14-9/h8-9,17H,4-7H2,1-3H3,(H,13,16)(H,14,15). The zero-order valence-electron chi connectivity index (χ0n) is 10.7. The number of hydrogen-bond donors (Lipinski definition) is 3. The van der Waals surface area contributed by atoms with Crippen molar-refractivity contribution in [3.63, 3.8) is 0 Å². The van der Waals surface area contributed by atoms with Crippen LogP contribution in [0.2, 0.25) is 0 Å². The second-order valence-corrected chi connectivity index (χ2v) is 5.47. The molecular formula is C12H22N2O3. The van der Waals surface area contributed by atoms with Gasteiger partial charge in [-0.15, -0.1) is 0 Å². The molecule has 1 aliphatic rings. The van der Waals surface area contributed by atoms with Gasteiger partial charge in [-0.05, 0) is 25.7 Å². The molecule has 1 rings (SSSR count). The van der Waals surface area contributed by atoms with Crippen molar-refractivity contribution in [3.05, 3.63) is 0 Å². The van der Waals surface area contributed by atoms with Crippen LogP contribution in [-0.4, -0.2) is 35.1 Å². The first-order valence-electron chi connectivity index (χ1n) is 6.09. The van der Waals surface area contributed by atoms with E-state index in [0.29, 0.717) is 25.2 Å². The summed E-state index contributed by atoms with van der Waals surface area (Å²) in [4.78, 5) is 22.7. The Morgan fingerprint density at radius 1 is 1.65 bits per heavy atom. The third kappa shape index (κ3) is 4.73. The Morgan fingerprint density at radius 2 is 2.29 bits per heavy atom. The van der Waals surface area contributed by atoms with E-state index in [1.807, 2.05) is 13.8 Å². The van der Waals surface area contributed by atoms with Gasteiger partial charge in [-0.3, -0.25) is 9.59 Å². The van der Waals surface area contributed by atoms with Gasteiger partial charge in [0.1, 0.15) is 6.04 Å². The molecule has 0 aromatic rings. The smallest absolute Gasteiger partial charge is 0.242 e. The van der Waals surface area contributed by atoms with Gasteiger partial charge < -0.3 is 15.7 Å². The van der Waals surface area contributed by atoms with Crippen molar-refractivity contribution in [3.8, 4) is 0 Å². The summed E-state index contributed by atoms with van der Waals surface area (Å²) in [5, 5.41) is 15.3. The minimum Gasteiger partial charge on any atom is -0.388 e. The minimum atomic E-state index is -0.896. The fraction of sp³-hybridized carbons (Fsp3) is 0.833. The summed E-state index contributed by atoms with van der Waals surface area (Å²) in [6, 6.07) is -0.433. The lowest BCUT2D eigenvalue weighted by Crippen LogP contribution is -2.47. The van der Waals surface area contributed by atoms with Crippen molar-refractivity contribution in [2.75, 3.05) is 6.54 Å². The van der Waals surface area contributed by atoms with Crippen LogP contribution < -0.4 is 10.6 Å². The molecule has 0 bridgehead atoms. The van der Waals surface area contributed by atoms with Crippen molar-refractivity contribution >= 4 is 11.8 Å². The maximum atomic E-state index is 11.7. The third-order valence-corrected chi connectivity index (χ3v) is 2.80. The maximum Gasteiger partial charge on any atom is 0.242 e. The van der Waals surface area contributed by atoms with Crippen molar-refractivity contribution in [2.24, 2.45) is 5.92 Å². The zero-order chi connectivity index (χ0) is 13.1. The molecule has 1 fully saturated rings. The van der Waals surface area contributed by atoms with Crippen LogP contribution in [0.4, 0.5) is 0 Å². The van der Waals surface area contributed by atoms with Gasteiger partial charge in [-0.1, -0.05) is 13.8 Å². The lowest BCUT2D eigenvalue weighted by Gasteiger charge is -2.26. The monoisotopic (exact) mass is 242 g/mol. The Kier molecular flexibility index (Phi) is 4.51. The molecule has 3 N–H and O–H groups in total. The highest BCUT2D eigenvalue weighted by Gasteiger charge is 2.29. The fourth-order valence-electron chi connectivity index (χ4n) is 2.16. The van der Waals surface area contributed by atoms with Crippen LogP contribution in [0.1, 0.15) is 40.0 Å². The summed E-state index contributed by atoms with van der Waals surface area (Å²) < 4.78 is 0. The number of hydrogen-bond acceptors (Lipinski definition) is 3. The van der Waals surface area contributed by atoms with Crippen molar-refractivity contribution in [1.29, 1.82) is 0 Å².